The normalized spacial score (nSPS) is 16.9. The van der Waals surface area contributed by atoms with Crippen molar-refractivity contribution in [2.24, 2.45) is 0 Å². The number of fused-ring (bicyclic) bond motifs is 1. The van der Waals surface area contributed by atoms with E-state index in [0.717, 1.165) is 22.7 Å². The van der Waals surface area contributed by atoms with Crippen LogP contribution in [0.1, 0.15) is 11.1 Å². The highest BCUT2D eigenvalue weighted by molar-refractivity contribution is 8.26. The summed E-state index contributed by atoms with van der Waals surface area (Å²) in [6, 6.07) is 6.58. The van der Waals surface area contributed by atoms with Gasteiger partial charge in [-0.3, -0.25) is 19.3 Å². The number of hydrogen-bond donors (Lipinski definition) is 1. The van der Waals surface area contributed by atoms with E-state index in [1.165, 1.54) is 35.2 Å². The van der Waals surface area contributed by atoms with Crippen LogP contribution in [0.2, 0.25) is 5.02 Å². The molecule has 33 heavy (non-hydrogen) atoms. The number of benzene rings is 2. The van der Waals surface area contributed by atoms with Crippen molar-refractivity contribution in [3.8, 4) is 5.75 Å². The molecule has 2 aliphatic rings. The molecule has 0 bridgehead atoms. The van der Waals surface area contributed by atoms with Crippen LogP contribution in [0, 0.1) is 11.6 Å². The Bertz CT molecular complexity index is 1250. The lowest BCUT2D eigenvalue weighted by atomic mass is 10.1. The summed E-state index contributed by atoms with van der Waals surface area (Å²) >= 11 is 11.8. The van der Waals surface area contributed by atoms with Crippen LogP contribution in [0.25, 0.3) is 6.08 Å². The monoisotopic (exact) mass is 510 g/mol. The summed E-state index contributed by atoms with van der Waals surface area (Å²) in [5.74, 6) is -3.79. The second-order valence-corrected chi connectivity index (χ2v) is 9.11. The fourth-order valence-electron chi connectivity index (χ4n) is 3.29. The Hall–Kier alpha value is -3.02. The van der Waals surface area contributed by atoms with E-state index < -0.39 is 36.0 Å². The number of amides is 2. The molecule has 1 fully saturated rings. The number of carbonyl (C=O) groups is 3. The summed E-state index contributed by atoms with van der Waals surface area (Å²) in [5, 5.41) is 8.84. The van der Waals surface area contributed by atoms with Crippen LogP contribution in [-0.4, -0.2) is 45.3 Å². The van der Waals surface area contributed by atoms with Crippen LogP contribution >= 0.6 is 35.6 Å². The minimum Gasteiger partial charge on any atom is -0.480 e. The van der Waals surface area contributed by atoms with E-state index in [-0.39, 0.29) is 44.4 Å². The van der Waals surface area contributed by atoms with E-state index >= 15 is 0 Å². The lowest BCUT2D eigenvalue weighted by molar-refractivity contribution is -0.140. The molecule has 0 unspecified atom stereocenters. The maximum absolute atomic E-state index is 14.8. The third-order valence-corrected chi connectivity index (χ3v) is 6.44. The molecule has 0 spiro atoms. The van der Waals surface area contributed by atoms with Crippen molar-refractivity contribution in [1.29, 1.82) is 0 Å². The third kappa shape index (κ3) is 4.70. The minimum absolute atomic E-state index is 0.0151. The average molecular weight is 511 g/mol. The summed E-state index contributed by atoms with van der Waals surface area (Å²) in [4.78, 5) is 38.3. The third-order valence-electron chi connectivity index (χ3n) is 4.77. The van der Waals surface area contributed by atoms with E-state index in [1.54, 1.807) is 0 Å². The standard InChI is InChI=1S/C21H13ClF2N2O5S2/c22-12-3-10(1-2-13(12)23)7-25-15-5-11(4-14(24)19(15)31-9-17(25)27)6-16-20(30)26(8-18(28)29)21(32)33-16/h1-6H,7-9H2,(H,28,29). The number of anilines is 1. The number of thioether (sulfide) groups is 1. The van der Waals surface area contributed by atoms with Crippen molar-refractivity contribution in [1.82, 2.24) is 4.90 Å². The van der Waals surface area contributed by atoms with E-state index in [1.807, 2.05) is 0 Å². The zero-order valence-corrected chi connectivity index (χ0v) is 18.9. The van der Waals surface area contributed by atoms with Crippen molar-refractivity contribution in [2.45, 2.75) is 6.54 Å². The number of rotatable bonds is 5. The molecule has 2 aliphatic heterocycles. The Morgan fingerprint density at radius 2 is 1.97 bits per heavy atom. The highest BCUT2D eigenvalue weighted by atomic mass is 35.5. The maximum atomic E-state index is 14.8. The molecule has 4 rings (SSSR count). The van der Waals surface area contributed by atoms with E-state index in [0.29, 0.717) is 5.56 Å². The number of carbonyl (C=O) groups excluding carboxylic acids is 2. The summed E-state index contributed by atoms with van der Waals surface area (Å²) in [6.45, 7) is -0.984. The van der Waals surface area contributed by atoms with Crippen LogP contribution in [0.5, 0.6) is 5.75 Å². The number of thiocarbonyl (C=S) groups is 1. The molecule has 2 aromatic carbocycles. The van der Waals surface area contributed by atoms with Gasteiger partial charge in [-0.1, -0.05) is 41.6 Å². The fourth-order valence-corrected chi connectivity index (χ4v) is 4.75. The van der Waals surface area contributed by atoms with Gasteiger partial charge in [0.15, 0.2) is 18.2 Å². The van der Waals surface area contributed by atoms with Crippen molar-refractivity contribution in [3.63, 3.8) is 0 Å². The molecular weight excluding hydrogens is 498 g/mol. The number of ether oxygens (including phenoxy) is 1. The van der Waals surface area contributed by atoms with E-state index in [4.69, 9.17) is 33.7 Å². The van der Waals surface area contributed by atoms with E-state index in [2.05, 4.69) is 0 Å². The zero-order valence-electron chi connectivity index (χ0n) is 16.5. The average Bonchev–Trinajstić information content (AvgIpc) is 2.99. The smallest absolute Gasteiger partial charge is 0.323 e. The Balaban J connectivity index is 1.69. The number of carboxylic acids is 1. The van der Waals surface area contributed by atoms with Gasteiger partial charge in [-0.2, -0.15) is 0 Å². The molecule has 0 aliphatic carbocycles. The maximum Gasteiger partial charge on any atom is 0.323 e. The van der Waals surface area contributed by atoms with Crippen LogP contribution in [-0.2, 0) is 20.9 Å². The lowest BCUT2D eigenvalue weighted by Crippen LogP contribution is -2.38. The lowest BCUT2D eigenvalue weighted by Gasteiger charge is -2.30. The molecular formula is C21H13ClF2N2O5S2. The molecule has 0 atom stereocenters. The van der Waals surface area contributed by atoms with Gasteiger partial charge in [-0.15, -0.1) is 0 Å². The molecule has 2 aromatic rings. The van der Waals surface area contributed by atoms with Gasteiger partial charge in [-0.25, -0.2) is 8.78 Å². The first-order chi connectivity index (χ1) is 15.6. The number of nitrogens with zero attached hydrogens (tertiary/aromatic N) is 2. The molecule has 12 heteroatoms. The summed E-state index contributed by atoms with van der Waals surface area (Å²) < 4.78 is 33.6. The molecule has 7 nitrogen and oxygen atoms in total. The minimum atomic E-state index is -1.22. The highest BCUT2D eigenvalue weighted by Crippen LogP contribution is 2.39. The molecule has 1 N–H and O–H groups in total. The first-order valence-corrected chi connectivity index (χ1v) is 10.9. The number of aliphatic carboxylic acids is 1. The Morgan fingerprint density at radius 3 is 2.67 bits per heavy atom. The molecule has 2 heterocycles. The van der Waals surface area contributed by atoms with E-state index in [9.17, 15) is 23.2 Å². The number of hydrogen-bond acceptors (Lipinski definition) is 6. The van der Waals surface area contributed by atoms with Gasteiger partial charge >= 0.3 is 5.97 Å². The topological polar surface area (TPSA) is 87.2 Å². The van der Waals surface area contributed by atoms with Gasteiger partial charge in [-0.05, 0) is 41.5 Å². The molecule has 170 valence electrons. The first kappa shape index (κ1) is 23.1. The predicted octanol–water partition coefficient (Wildman–Crippen LogP) is 3.83. The largest absolute Gasteiger partial charge is 0.480 e. The Labute approximate surface area is 200 Å². The molecule has 2 amide bonds. The SMILES string of the molecule is O=C(O)CN1C(=O)C(=Cc2cc(F)c3c(c2)N(Cc2ccc(F)c(Cl)c2)C(=O)CO3)SC1=S. The van der Waals surface area contributed by atoms with Gasteiger partial charge in [0.1, 0.15) is 16.7 Å². The Morgan fingerprint density at radius 1 is 1.21 bits per heavy atom. The van der Waals surface area contributed by atoms with Gasteiger partial charge < -0.3 is 14.7 Å². The quantitative estimate of drug-likeness (QED) is 0.483. The van der Waals surface area contributed by atoms with Crippen LogP contribution in [0.3, 0.4) is 0 Å². The van der Waals surface area contributed by atoms with Gasteiger partial charge in [0.05, 0.1) is 22.2 Å². The molecule has 0 aromatic heterocycles. The summed E-state index contributed by atoms with van der Waals surface area (Å²) in [6.07, 6.45) is 1.36. The predicted molar refractivity (Wildman–Crippen MR) is 122 cm³/mol. The first-order valence-electron chi connectivity index (χ1n) is 9.32. The zero-order chi connectivity index (χ0) is 23.9. The van der Waals surface area contributed by atoms with Crippen LogP contribution in [0.4, 0.5) is 14.5 Å². The van der Waals surface area contributed by atoms with Crippen LogP contribution < -0.4 is 9.64 Å². The van der Waals surface area contributed by atoms with Crippen molar-refractivity contribution >= 4 is 69.4 Å². The second-order valence-electron chi connectivity index (χ2n) is 7.03. The number of carboxylic acid groups (broad SMARTS) is 1. The number of halogens is 3. The highest BCUT2D eigenvalue weighted by Gasteiger charge is 2.34. The van der Waals surface area contributed by atoms with Gasteiger partial charge in [0.2, 0.25) is 0 Å². The fraction of sp³-hybridized carbons (Fsp3) is 0.143. The van der Waals surface area contributed by atoms with Gasteiger partial charge in [0, 0.05) is 0 Å². The molecule has 0 saturated carbocycles. The van der Waals surface area contributed by atoms with Crippen LogP contribution in [0.15, 0.2) is 35.2 Å². The molecule has 0 radical (unpaired) electrons. The Kier molecular flexibility index (Phi) is 6.37. The van der Waals surface area contributed by atoms with Gasteiger partial charge in [0.25, 0.3) is 11.8 Å². The van der Waals surface area contributed by atoms with Crippen molar-refractivity contribution in [3.05, 3.63) is 63.0 Å². The second kappa shape index (κ2) is 9.08. The van der Waals surface area contributed by atoms with Crippen molar-refractivity contribution in [2.75, 3.05) is 18.1 Å². The molecule has 1 saturated heterocycles. The summed E-state index contributed by atoms with van der Waals surface area (Å²) in [5.41, 5.74) is 0.879. The summed E-state index contributed by atoms with van der Waals surface area (Å²) in [7, 11) is 0. The van der Waals surface area contributed by atoms with Crippen molar-refractivity contribution < 1.29 is 33.0 Å².